The number of aromatic nitrogens is 3. The Balaban J connectivity index is 1.43. The van der Waals surface area contributed by atoms with Crippen molar-refractivity contribution in [2.45, 2.75) is 44.6 Å². The SMILES string of the molecule is Cn1c(C2CCCN2C(=O)c2cnc(-c3ccsc3)s2)nc2c1CCCC2. The highest BCUT2D eigenvalue weighted by Gasteiger charge is 2.35. The van der Waals surface area contributed by atoms with E-state index in [1.807, 2.05) is 10.3 Å². The van der Waals surface area contributed by atoms with E-state index in [0.717, 1.165) is 53.5 Å². The van der Waals surface area contributed by atoms with Crippen molar-refractivity contribution in [1.82, 2.24) is 19.4 Å². The number of rotatable bonds is 3. The van der Waals surface area contributed by atoms with Gasteiger partial charge in [0.2, 0.25) is 0 Å². The summed E-state index contributed by atoms with van der Waals surface area (Å²) in [5.74, 6) is 1.16. The monoisotopic (exact) mass is 398 g/mol. The first-order chi connectivity index (χ1) is 13.2. The lowest BCUT2D eigenvalue weighted by atomic mass is 10.0. The fourth-order valence-corrected chi connectivity index (χ4v) is 5.90. The molecule has 27 heavy (non-hydrogen) atoms. The van der Waals surface area contributed by atoms with Crippen molar-refractivity contribution in [1.29, 1.82) is 0 Å². The van der Waals surface area contributed by atoms with Crippen LogP contribution in [0.2, 0.25) is 0 Å². The fraction of sp³-hybridized carbons (Fsp3) is 0.450. The number of imidazole rings is 1. The minimum absolute atomic E-state index is 0.0831. The second-order valence-electron chi connectivity index (χ2n) is 7.33. The molecule has 1 fully saturated rings. The number of hydrogen-bond acceptors (Lipinski definition) is 5. The van der Waals surface area contributed by atoms with Gasteiger partial charge in [0, 0.05) is 30.2 Å². The van der Waals surface area contributed by atoms with Gasteiger partial charge in [0.05, 0.1) is 17.9 Å². The molecular weight excluding hydrogens is 376 g/mol. The Morgan fingerprint density at radius 2 is 2.15 bits per heavy atom. The predicted octanol–water partition coefficient (Wildman–Crippen LogP) is 4.46. The normalized spacial score (nSPS) is 19.4. The molecule has 2 aliphatic rings. The number of aryl methyl sites for hydroxylation is 1. The summed E-state index contributed by atoms with van der Waals surface area (Å²) in [6.07, 6.45) is 8.41. The molecule has 7 heteroatoms. The summed E-state index contributed by atoms with van der Waals surface area (Å²) in [6, 6.07) is 2.13. The largest absolute Gasteiger partial charge is 0.333 e. The van der Waals surface area contributed by atoms with E-state index in [-0.39, 0.29) is 11.9 Å². The molecule has 5 rings (SSSR count). The Hall–Kier alpha value is -1.99. The molecule has 140 valence electrons. The molecule has 5 nitrogen and oxygen atoms in total. The summed E-state index contributed by atoms with van der Waals surface area (Å²) >= 11 is 3.14. The molecule has 0 N–H and O–H groups in total. The van der Waals surface area contributed by atoms with E-state index in [1.54, 1.807) is 17.5 Å². The number of hydrogen-bond donors (Lipinski definition) is 0. The van der Waals surface area contributed by atoms with Gasteiger partial charge in [-0.1, -0.05) is 0 Å². The van der Waals surface area contributed by atoms with Crippen molar-refractivity contribution in [3.05, 3.63) is 45.1 Å². The number of likely N-dealkylation sites (tertiary alicyclic amines) is 1. The van der Waals surface area contributed by atoms with Crippen molar-refractivity contribution in [2.24, 2.45) is 7.05 Å². The van der Waals surface area contributed by atoms with E-state index in [0.29, 0.717) is 0 Å². The van der Waals surface area contributed by atoms with E-state index in [9.17, 15) is 4.79 Å². The van der Waals surface area contributed by atoms with E-state index in [4.69, 9.17) is 4.98 Å². The lowest BCUT2D eigenvalue weighted by Crippen LogP contribution is -2.31. The number of nitrogens with zero attached hydrogens (tertiary/aromatic N) is 4. The molecule has 1 aliphatic carbocycles. The van der Waals surface area contributed by atoms with Crippen molar-refractivity contribution in [2.75, 3.05) is 6.54 Å². The zero-order valence-corrected chi connectivity index (χ0v) is 17.0. The van der Waals surface area contributed by atoms with E-state index < -0.39 is 0 Å². The molecule has 0 saturated carbocycles. The second-order valence-corrected chi connectivity index (χ2v) is 9.14. The molecule has 1 amide bonds. The smallest absolute Gasteiger partial charge is 0.266 e. The summed E-state index contributed by atoms with van der Waals surface area (Å²) in [5.41, 5.74) is 3.71. The Kier molecular flexibility index (Phi) is 4.36. The Bertz CT molecular complexity index is 972. The number of thiophene rings is 1. The third-order valence-corrected chi connectivity index (χ3v) is 7.42. The highest BCUT2D eigenvalue weighted by atomic mass is 32.1. The first kappa shape index (κ1) is 17.1. The summed E-state index contributed by atoms with van der Waals surface area (Å²) < 4.78 is 2.26. The molecule has 1 atom stereocenters. The summed E-state index contributed by atoms with van der Waals surface area (Å²) in [5, 5.41) is 5.03. The van der Waals surface area contributed by atoms with Gasteiger partial charge in [-0.2, -0.15) is 11.3 Å². The first-order valence-electron chi connectivity index (χ1n) is 9.56. The van der Waals surface area contributed by atoms with Gasteiger partial charge in [-0.05, 0) is 50.0 Å². The highest BCUT2D eigenvalue weighted by Crippen LogP contribution is 2.36. The lowest BCUT2D eigenvalue weighted by molar-refractivity contribution is 0.0732. The van der Waals surface area contributed by atoms with Crippen molar-refractivity contribution < 1.29 is 4.79 Å². The van der Waals surface area contributed by atoms with Crippen molar-refractivity contribution in [3.8, 4) is 10.6 Å². The zero-order valence-electron chi connectivity index (χ0n) is 15.4. The fourth-order valence-electron chi connectivity index (χ4n) is 4.32. The number of thiazole rings is 1. The maximum atomic E-state index is 13.2. The maximum absolute atomic E-state index is 13.2. The maximum Gasteiger partial charge on any atom is 0.266 e. The molecule has 1 aliphatic heterocycles. The van der Waals surface area contributed by atoms with E-state index in [2.05, 4.69) is 28.0 Å². The average Bonchev–Trinajstić information content (AvgIpc) is 3.46. The van der Waals surface area contributed by atoms with Crippen LogP contribution in [0.25, 0.3) is 10.6 Å². The van der Waals surface area contributed by atoms with Gasteiger partial charge in [-0.3, -0.25) is 4.79 Å². The first-order valence-corrected chi connectivity index (χ1v) is 11.3. The molecule has 4 heterocycles. The molecule has 0 radical (unpaired) electrons. The topological polar surface area (TPSA) is 51.0 Å². The van der Waals surface area contributed by atoms with Gasteiger partial charge in [-0.25, -0.2) is 9.97 Å². The van der Waals surface area contributed by atoms with Crippen LogP contribution in [0.4, 0.5) is 0 Å². The number of carbonyl (C=O) groups is 1. The third kappa shape index (κ3) is 2.93. The van der Waals surface area contributed by atoms with Crippen LogP contribution in [-0.4, -0.2) is 31.9 Å². The standard InChI is InChI=1S/C20H22N4OS2/c1-23-15-6-3-2-5-14(15)22-18(23)16-7-4-9-24(16)20(25)17-11-21-19(27-17)13-8-10-26-12-13/h8,10-12,16H,2-7,9H2,1H3. The zero-order chi connectivity index (χ0) is 18.4. The summed E-state index contributed by atoms with van der Waals surface area (Å²) in [7, 11) is 2.12. The van der Waals surface area contributed by atoms with Crippen molar-refractivity contribution >= 4 is 28.6 Å². The van der Waals surface area contributed by atoms with Gasteiger partial charge in [-0.15, -0.1) is 11.3 Å². The van der Waals surface area contributed by atoms with Crippen LogP contribution < -0.4 is 0 Å². The van der Waals surface area contributed by atoms with Crippen LogP contribution in [0.15, 0.2) is 23.0 Å². The molecule has 3 aromatic rings. The minimum Gasteiger partial charge on any atom is -0.333 e. The van der Waals surface area contributed by atoms with E-state index in [1.165, 1.54) is 35.6 Å². The second kappa shape index (κ2) is 6.87. The molecule has 1 saturated heterocycles. The van der Waals surface area contributed by atoms with Crippen LogP contribution in [-0.2, 0) is 19.9 Å². The van der Waals surface area contributed by atoms with Gasteiger partial charge in [0.15, 0.2) is 0 Å². The molecule has 0 bridgehead atoms. The van der Waals surface area contributed by atoms with Crippen LogP contribution in [0.5, 0.6) is 0 Å². The van der Waals surface area contributed by atoms with Crippen LogP contribution in [0.1, 0.15) is 58.6 Å². The quantitative estimate of drug-likeness (QED) is 0.654. The molecule has 1 unspecified atom stereocenters. The van der Waals surface area contributed by atoms with Crippen LogP contribution in [0, 0.1) is 0 Å². The van der Waals surface area contributed by atoms with E-state index >= 15 is 0 Å². The Morgan fingerprint density at radius 3 is 2.96 bits per heavy atom. The number of fused-ring (bicyclic) bond motifs is 1. The van der Waals surface area contributed by atoms with Gasteiger partial charge in [0.1, 0.15) is 15.7 Å². The Labute approximate surface area is 166 Å². The van der Waals surface area contributed by atoms with Crippen LogP contribution >= 0.6 is 22.7 Å². The summed E-state index contributed by atoms with van der Waals surface area (Å²) in [6.45, 7) is 0.798. The molecule has 0 aromatic carbocycles. The molecular formula is C20H22N4OS2. The summed E-state index contributed by atoms with van der Waals surface area (Å²) in [4.78, 5) is 25.4. The number of amides is 1. The Morgan fingerprint density at radius 1 is 1.26 bits per heavy atom. The van der Waals surface area contributed by atoms with Gasteiger partial charge < -0.3 is 9.47 Å². The molecule has 0 spiro atoms. The van der Waals surface area contributed by atoms with Gasteiger partial charge >= 0.3 is 0 Å². The number of carbonyl (C=O) groups excluding carboxylic acids is 1. The average molecular weight is 399 g/mol. The molecule has 3 aromatic heterocycles. The predicted molar refractivity (Wildman–Crippen MR) is 108 cm³/mol. The van der Waals surface area contributed by atoms with Crippen LogP contribution in [0.3, 0.4) is 0 Å². The third-order valence-electron chi connectivity index (χ3n) is 5.70. The highest BCUT2D eigenvalue weighted by molar-refractivity contribution is 7.17. The van der Waals surface area contributed by atoms with Gasteiger partial charge in [0.25, 0.3) is 5.91 Å². The minimum atomic E-state index is 0.0831. The lowest BCUT2D eigenvalue weighted by Gasteiger charge is -2.24. The van der Waals surface area contributed by atoms with Crippen molar-refractivity contribution in [3.63, 3.8) is 0 Å².